The minimum atomic E-state index is 0.301. The van der Waals surface area contributed by atoms with Gasteiger partial charge < -0.3 is 10.7 Å². The number of rotatable bonds is 5. The van der Waals surface area contributed by atoms with Crippen LogP contribution in [0, 0.1) is 5.92 Å². The van der Waals surface area contributed by atoms with Gasteiger partial charge >= 0.3 is 0 Å². The quantitative estimate of drug-likeness (QED) is 0.507. The maximum Gasteiger partial charge on any atom is 0.0390 e. The molecule has 3 heteroatoms. The second kappa shape index (κ2) is 5.86. The van der Waals surface area contributed by atoms with Crippen LogP contribution in [0.4, 0.5) is 0 Å². The van der Waals surface area contributed by atoms with Crippen LogP contribution in [0.15, 0.2) is 11.9 Å². The van der Waals surface area contributed by atoms with E-state index in [1.807, 2.05) is 20.0 Å². The molecule has 0 amide bonds. The second-order valence-corrected chi connectivity index (χ2v) is 3.96. The minimum absolute atomic E-state index is 0.301. The summed E-state index contributed by atoms with van der Waals surface area (Å²) < 4.78 is 0. The predicted octanol–water partition coefficient (Wildman–Crippen LogP) is 1.81. The van der Waals surface area contributed by atoms with E-state index in [-0.39, 0.29) is 0 Å². The van der Waals surface area contributed by atoms with Crippen molar-refractivity contribution < 1.29 is 0 Å². The summed E-state index contributed by atoms with van der Waals surface area (Å²) in [5.41, 5.74) is 6.69. The zero-order valence-electron chi connectivity index (χ0n) is 9.25. The first-order chi connectivity index (χ1) is 5.97. The van der Waals surface area contributed by atoms with Crippen molar-refractivity contribution in [3.05, 3.63) is 11.9 Å². The van der Waals surface area contributed by atoms with Crippen LogP contribution >= 0.6 is 0 Å². The summed E-state index contributed by atoms with van der Waals surface area (Å²) in [6, 6.07) is 0.301. The van der Waals surface area contributed by atoms with Crippen molar-refractivity contribution in [1.82, 2.24) is 5.01 Å². The highest BCUT2D eigenvalue weighted by Gasteiger charge is 2.03. The van der Waals surface area contributed by atoms with Gasteiger partial charge in [-0.2, -0.15) is 0 Å². The van der Waals surface area contributed by atoms with Crippen LogP contribution < -0.4 is 11.6 Å². The molecule has 0 bridgehead atoms. The lowest BCUT2D eigenvalue weighted by molar-refractivity contribution is 0.318. The fourth-order valence-electron chi connectivity index (χ4n) is 0.940. The molecule has 1 unspecified atom stereocenters. The molecule has 0 heterocycles. The molecule has 1 atom stereocenters. The van der Waals surface area contributed by atoms with Crippen molar-refractivity contribution in [2.45, 2.75) is 46.6 Å². The molecule has 3 nitrogen and oxygen atoms in total. The Hall–Kier alpha value is -0.700. The first-order valence-electron chi connectivity index (χ1n) is 4.96. The molecule has 0 aromatic heterocycles. The predicted molar refractivity (Wildman–Crippen MR) is 57.5 cm³/mol. The van der Waals surface area contributed by atoms with E-state index in [9.17, 15) is 0 Å². The minimum Gasteiger partial charge on any atom is -0.401 e. The van der Waals surface area contributed by atoms with Crippen LogP contribution in [-0.4, -0.2) is 11.1 Å². The highest BCUT2D eigenvalue weighted by Crippen LogP contribution is 2.10. The van der Waals surface area contributed by atoms with Gasteiger partial charge in [0.15, 0.2) is 0 Å². The number of allylic oxidation sites excluding steroid dienone is 1. The van der Waals surface area contributed by atoms with Crippen LogP contribution in [-0.2, 0) is 0 Å². The number of hydrazine groups is 1. The topological polar surface area (TPSA) is 55.3 Å². The molecule has 0 aliphatic carbocycles. The second-order valence-electron chi connectivity index (χ2n) is 3.96. The summed E-state index contributed by atoms with van der Waals surface area (Å²) in [5.74, 6) is 6.35. The normalized spacial score (nSPS) is 14.8. The molecule has 0 aliphatic heterocycles. The van der Waals surface area contributed by atoms with Gasteiger partial charge in [-0.3, -0.25) is 0 Å². The first kappa shape index (κ1) is 12.3. The zero-order valence-corrected chi connectivity index (χ0v) is 9.25. The Kier molecular flexibility index (Phi) is 5.55. The molecule has 0 aromatic rings. The average Bonchev–Trinajstić information content (AvgIpc) is 2.03. The van der Waals surface area contributed by atoms with E-state index < -0.39 is 0 Å². The van der Waals surface area contributed by atoms with Crippen molar-refractivity contribution in [3.63, 3.8) is 0 Å². The van der Waals surface area contributed by atoms with E-state index in [1.165, 1.54) is 0 Å². The SMILES string of the molecule is CCC(C)C/C(N)=C/N(N)C(C)C. The Bertz CT molecular complexity index is 164. The van der Waals surface area contributed by atoms with E-state index in [1.54, 1.807) is 5.01 Å². The van der Waals surface area contributed by atoms with Gasteiger partial charge in [-0.15, -0.1) is 0 Å². The van der Waals surface area contributed by atoms with Gasteiger partial charge in [0.1, 0.15) is 0 Å². The molecule has 0 fully saturated rings. The average molecular weight is 185 g/mol. The maximum atomic E-state index is 5.83. The number of hydrogen-bond donors (Lipinski definition) is 2. The largest absolute Gasteiger partial charge is 0.401 e. The van der Waals surface area contributed by atoms with Crippen molar-refractivity contribution in [3.8, 4) is 0 Å². The van der Waals surface area contributed by atoms with Gasteiger partial charge in [0, 0.05) is 17.9 Å². The number of nitrogens with two attached hydrogens (primary N) is 2. The summed E-state index contributed by atoms with van der Waals surface area (Å²) in [6.45, 7) is 8.43. The van der Waals surface area contributed by atoms with Gasteiger partial charge in [0.25, 0.3) is 0 Å². The summed E-state index contributed by atoms with van der Waals surface area (Å²) in [4.78, 5) is 0. The van der Waals surface area contributed by atoms with E-state index in [2.05, 4.69) is 13.8 Å². The summed E-state index contributed by atoms with van der Waals surface area (Å²) >= 11 is 0. The van der Waals surface area contributed by atoms with Crippen molar-refractivity contribution >= 4 is 0 Å². The molecule has 0 radical (unpaired) electrons. The molecule has 0 aliphatic rings. The summed E-state index contributed by atoms with van der Waals surface area (Å²) in [7, 11) is 0. The molecule has 0 saturated carbocycles. The van der Waals surface area contributed by atoms with E-state index in [0.717, 1.165) is 18.5 Å². The highest BCUT2D eigenvalue weighted by molar-refractivity contribution is 4.96. The lowest BCUT2D eigenvalue weighted by Gasteiger charge is -2.19. The van der Waals surface area contributed by atoms with Crippen LogP contribution in [0.1, 0.15) is 40.5 Å². The first-order valence-corrected chi connectivity index (χ1v) is 4.96. The van der Waals surface area contributed by atoms with Gasteiger partial charge in [-0.25, -0.2) is 5.84 Å². The van der Waals surface area contributed by atoms with Gasteiger partial charge in [0.05, 0.1) is 0 Å². The Morgan fingerprint density at radius 1 is 1.38 bits per heavy atom. The Balaban J connectivity index is 4.01. The Morgan fingerprint density at radius 2 is 1.92 bits per heavy atom. The van der Waals surface area contributed by atoms with Crippen molar-refractivity contribution in [2.24, 2.45) is 17.5 Å². The third-order valence-electron chi connectivity index (χ3n) is 2.19. The molecule has 13 heavy (non-hydrogen) atoms. The molecule has 0 saturated heterocycles. The molecular weight excluding hydrogens is 162 g/mol. The zero-order chi connectivity index (χ0) is 10.4. The van der Waals surface area contributed by atoms with Crippen LogP contribution in [0.5, 0.6) is 0 Å². The van der Waals surface area contributed by atoms with Gasteiger partial charge in [0.2, 0.25) is 0 Å². The van der Waals surface area contributed by atoms with Crippen molar-refractivity contribution in [2.75, 3.05) is 0 Å². The molecule has 4 N–H and O–H groups in total. The monoisotopic (exact) mass is 185 g/mol. The van der Waals surface area contributed by atoms with Crippen molar-refractivity contribution in [1.29, 1.82) is 0 Å². The lowest BCUT2D eigenvalue weighted by Crippen LogP contribution is -2.33. The summed E-state index contributed by atoms with van der Waals surface area (Å²) in [5, 5.41) is 1.65. The molecule has 0 rings (SSSR count). The maximum absolute atomic E-state index is 5.83. The van der Waals surface area contributed by atoms with Gasteiger partial charge in [-0.05, 0) is 26.2 Å². The fourth-order valence-corrected chi connectivity index (χ4v) is 0.940. The lowest BCUT2D eigenvalue weighted by atomic mass is 10.0. The van der Waals surface area contributed by atoms with Gasteiger partial charge in [-0.1, -0.05) is 20.3 Å². The van der Waals surface area contributed by atoms with E-state index >= 15 is 0 Å². The Morgan fingerprint density at radius 3 is 2.31 bits per heavy atom. The Labute approximate surface area is 81.7 Å². The smallest absolute Gasteiger partial charge is 0.0390 e. The molecule has 0 aromatic carbocycles. The molecule has 0 spiro atoms. The van der Waals surface area contributed by atoms with E-state index in [4.69, 9.17) is 11.6 Å². The molecular formula is C10H23N3. The van der Waals surface area contributed by atoms with Crippen LogP contribution in [0.25, 0.3) is 0 Å². The standard InChI is InChI=1S/C10H23N3/c1-5-9(4)6-10(11)7-13(12)8(2)3/h7-9H,5-6,11-12H2,1-4H3/b10-7-. The third-order valence-corrected chi connectivity index (χ3v) is 2.19. The fraction of sp³-hybridized carbons (Fsp3) is 0.800. The molecule has 78 valence electrons. The number of nitrogens with zero attached hydrogens (tertiary/aromatic N) is 1. The summed E-state index contributed by atoms with van der Waals surface area (Å²) in [6.07, 6.45) is 3.91. The van der Waals surface area contributed by atoms with Crippen LogP contribution in [0.3, 0.4) is 0 Å². The highest BCUT2D eigenvalue weighted by atomic mass is 15.4. The van der Waals surface area contributed by atoms with Crippen LogP contribution in [0.2, 0.25) is 0 Å². The van der Waals surface area contributed by atoms with E-state index in [0.29, 0.717) is 12.0 Å². The number of hydrogen-bond acceptors (Lipinski definition) is 3. The third kappa shape index (κ3) is 5.53.